The Labute approximate surface area is 128 Å². The number of furan rings is 1. The van der Waals surface area contributed by atoms with Crippen LogP contribution in [-0.2, 0) is 0 Å². The van der Waals surface area contributed by atoms with Crippen LogP contribution in [-0.4, -0.2) is 13.7 Å². The summed E-state index contributed by atoms with van der Waals surface area (Å²) < 4.78 is 12.3. The molecule has 0 aliphatic rings. The van der Waals surface area contributed by atoms with Crippen LogP contribution < -0.4 is 10.1 Å². The summed E-state index contributed by atoms with van der Waals surface area (Å²) in [4.78, 5) is 0. The van der Waals surface area contributed by atoms with Gasteiger partial charge in [-0.3, -0.25) is 0 Å². The molecule has 1 unspecified atom stereocenters. The van der Waals surface area contributed by atoms with E-state index in [1.54, 1.807) is 13.4 Å². The standard InChI is InChI=1S/C16H20BrNO2/c1-5-18-15(13-7-6-8-20-13)14-11(3)12(17)9-10(2)16(14)19-4/h6-9,15,18H,5H2,1-4H3. The molecule has 1 aromatic carbocycles. The van der Waals surface area contributed by atoms with Gasteiger partial charge in [0.25, 0.3) is 0 Å². The van der Waals surface area contributed by atoms with Gasteiger partial charge in [-0.25, -0.2) is 0 Å². The molecular formula is C16H20BrNO2. The lowest BCUT2D eigenvalue weighted by Gasteiger charge is -2.23. The molecule has 108 valence electrons. The minimum absolute atomic E-state index is 0.0128. The lowest BCUT2D eigenvalue weighted by atomic mass is 9.95. The first-order valence-electron chi connectivity index (χ1n) is 6.70. The average molecular weight is 338 g/mol. The van der Waals surface area contributed by atoms with Crippen molar-refractivity contribution < 1.29 is 9.15 Å². The Balaban J connectivity index is 2.64. The molecule has 0 amide bonds. The average Bonchev–Trinajstić information content (AvgIpc) is 2.94. The van der Waals surface area contributed by atoms with Crippen molar-refractivity contribution in [1.82, 2.24) is 5.32 Å². The molecule has 1 atom stereocenters. The van der Waals surface area contributed by atoms with Crippen LogP contribution in [0.1, 0.15) is 35.4 Å². The van der Waals surface area contributed by atoms with Crippen molar-refractivity contribution in [1.29, 1.82) is 0 Å². The summed E-state index contributed by atoms with van der Waals surface area (Å²) in [5.41, 5.74) is 3.39. The molecule has 1 aromatic heterocycles. The van der Waals surface area contributed by atoms with Crippen molar-refractivity contribution in [3.05, 3.63) is 51.4 Å². The smallest absolute Gasteiger partial charge is 0.127 e. The second-order valence-electron chi connectivity index (χ2n) is 4.75. The molecule has 0 saturated carbocycles. The highest BCUT2D eigenvalue weighted by Gasteiger charge is 2.24. The van der Waals surface area contributed by atoms with Crippen LogP contribution in [0.2, 0.25) is 0 Å². The zero-order valence-corrected chi connectivity index (χ0v) is 13.9. The van der Waals surface area contributed by atoms with Crippen LogP contribution in [0.25, 0.3) is 0 Å². The number of halogens is 1. The van der Waals surface area contributed by atoms with E-state index in [0.717, 1.165) is 39.2 Å². The summed E-state index contributed by atoms with van der Waals surface area (Å²) in [7, 11) is 1.71. The third kappa shape index (κ3) is 2.76. The van der Waals surface area contributed by atoms with Gasteiger partial charge in [0.1, 0.15) is 11.5 Å². The van der Waals surface area contributed by atoms with Gasteiger partial charge < -0.3 is 14.5 Å². The van der Waals surface area contributed by atoms with Gasteiger partial charge in [-0.2, -0.15) is 0 Å². The van der Waals surface area contributed by atoms with Crippen LogP contribution >= 0.6 is 15.9 Å². The van der Waals surface area contributed by atoms with E-state index in [1.807, 2.05) is 12.1 Å². The topological polar surface area (TPSA) is 34.4 Å². The highest BCUT2D eigenvalue weighted by molar-refractivity contribution is 9.10. The SMILES string of the molecule is CCNC(c1ccco1)c1c(C)c(Br)cc(C)c1OC. The van der Waals surface area contributed by atoms with E-state index >= 15 is 0 Å². The fourth-order valence-corrected chi connectivity index (χ4v) is 3.06. The highest BCUT2D eigenvalue weighted by atomic mass is 79.9. The molecule has 2 aromatic rings. The van der Waals surface area contributed by atoms with E-state index in [1.165, 1.54) is 0 Å². The van der Waals surface area contributed by atoms with Crippen molar-refractivity contribution in [3.63, 3.8) is 0 Å². The maximum Gasteiger partial charge on any atom is 0.127 e. The fraction of sp³-hybridized carbons (Fsp3) is 0.375. The molecule has 0 fully saturated rings. The Hall–Kier alpha value is -1.26. The van der Waals surface area contributed by atoms with E-state index < -0.39 is 0 Å². The van der Waals surface area contributed by atoms with Crippen LogP contribution in [0.4, 0.5) is 0 Å². The molecule has 0 radical (unpaired) electrons. The van der Waals surface area contributed by atoms with Gasteiger partial charge in [0.05, 0.1) is 19.4 Å². The Kier molecular flexibility index (Phi) is 4.89. The summed E-state index contributed by atoms with van der Waals surface area (Å²) in [5, 5.41) is 3.48. The molecule has 0 bridgehead atoms. The quantitative estimate of drug-likeness (QED) is 0.879. The summed E-state index contributed by atoms with van der Waals surface area (Å²) in [6, 6.07) is 5.97. The zero-order chi connectivity index (χ0) is 14.7. The molecular weight excluding hydrogens is 318 g/mol. The molecule has 1 N–H and O–H groups in total. The predicted molar refractivity (Wildman–Crippen MR) is 84.4 cm³/mol. The third-order valence-corrected chi connectivity index (χ3v) is 4.26. The predicted octanol–water partition coefficient (Wildman–Crippen LogP) is 4.37. The molecule has 2 rings (SSSR count). The van der Waals surface area contributed by atoms with Gasteiger partial charge in [0.2, 0.25) is 0 Å². The number of methoxy groups -OCH3 is 1. The molecule has 20 heavy (non-hydrogen) atoms. The van der Waals surface area contributed by atoms with Gasteiger partial charge in [-0.15, -0.1) is 0 Å². The first kappa shape index (κ1) is 15.1. The second-order valence-corrected chi connectivity index (χ2v) is 5.61. The Morgan fingerprint density at radius 1 is 1.40 bits per heavy atom. The molecule has 0 spiro atoms. The largest absolute Gasteiger partial charge is 0.496 e. The van der Waals surface area contributed by atoms with Crippen LogP contribution in [0.5, 0.6) is 5.75 Å². The van der Waals surface area contributed by atoms with E-state index in [4.69, 9.17) is 9.15 Å². The summed E-state index contributed by atoms with van der Waals surface area (Å²) >= 11 is 3.63. The molecule has 1 heterocycles. The number of nitrogens with one attached hydrogen (secondary N) is 1. The van der Waals surface area contributed by atoms with Crippen LogP contribution in [0.3, 0.4) is 0 Å². The van der Waals surface area contributed by atoms with Crippen molar-refractivity contribution in [2.45, 2.75) is 26.8 Å². The lowest BCUT2D eigenvalue weighted by molar-refractivity contribution is 0.390. The third-order valence-electron chi connectivity index (χ3n) is 3.44. The Morgan fingerprint density at radius 2 is 2.15 bits per heavy atom. The first-order chi connectivity index (χ1) is 9.60. The zero-order valence-electron chi connectivity index (χ0n) is 12.3. The lowest BCUT2D eigenvalue weighted by Crippen LogP contribution is -2.23. The van der Waals surface area contributed by atoms with Crippen molar-refractivity contribution in [2.75, 3.05) is 13.7 Å². The highest BCUT2D eigenvalue weighted by Crippen LogP contribution is 2.38. The normalized spacial score (nSPS) is 12.4. The maximum absolute atomic E-state index is 5.63. The van der Waals surface area contributed by atoms with Crippen molar-refractivity contribution in [3.8, 4) is 5.75 Å². The number of hydrogen-bond acceptors (Lipinski definition) is 3. The van der Waals surface area contributed by atoms with Crippen molar-refractivity contribution in [2.24, 2.45) is 0 Å². The number of rotatable bonds is 5. The van der Waals surface area contributed by atoms with E-state index in [-0.39, 0.29) is 6.04 Å². The Morgan fingerprint density at radius 3 is 2.70 bits per heavy atom. The molecule has 3 nitrogen and oxygen atoms in total. The molecule has 0 aliphatic heterocycles. The van der Waals surface area contributed by atoms with Gasteiger partial charge in [0, 0.05) is 10.0 Å². The van der Waals surface area contributed by atoms with Gasteiger partial charge in [-0.1, -0.05) is 22.9 Å². The monoisotopic (exact) mass is 337 g/mol. The summed E-state index contributed by atoms with van der Waals surface area (Å²) in [6.45, 7) is 7.08. The fourth-order valence-electron chi connectivity index (χ4n) is 2.50. The number of ether oxygens (including phenoxy) is 1. The van der Waals surface area contributed by atoms with Crippen molar-refractivity contribution >= 4 is 15.9 Å². The number of benzene rings is 1. The van der Waals surface area contributed by atoms with E-state index in [2.05, 4.69) is 48.1 Å². The molecule has 0 saturated heterocycles. The molecule has 0 aliphatic carbocycles. The number of aryl methyl sites for hydroxylation is 1. The maximum atomic E-state index is 5.63. The summed E-state index contributed by atoms with van der Waals surface area (Å²) in [5.74, 6) is 1.80. The number of hydrogen-bond donors (Lipinski definition) is 1. The second kappa shape index (κ2) is 6.46. The first-order valence-corrected chi connectivity index (χ1v) is 7.49. The van der Waals surface area contributed by atoms with Crippen LogP contribution in [0.15, 0.2) is 33.4 Å². The van der Waals surface area contributed by atoms with E-state index in [0.29, 0.717) is 0 Å². The van der Waals surface area contributed by atoms with Gasteiger partial charge in [0.15, 0.2) is 0 Å². The van der Waals surface area contributed by atoms with E-state index in [9.17, 15) is 0 Å². The van der Waals surface area contributed by atoms with Crippen LogP contribution in [0, 0.1) is 13.8 Å². The molecule has 4 heteroatoms. The minimum Gasteiger partial charge on any atom is -0.496 e. The minimum atomic E-state index is -0.0128. The summed E-state index contributed by atoms with van der Waals surface area (Å²) in [6.07, 6.45) is 1.70. The Bertz CT molecular complexity index is 579. The van der Waals surface area contributed by atoms with Gasteiger partial charge in [-0.05, 0) is 49.7 Å². The van der Waals surface area contributed by atoms with Gasteiger partial charge >= 0.3 is 0 Å².